The summed E-state index contributed by atoms with van der Waals surface area (Å²) in [6.07, 6.45) is 3.79. The molecule has 1 aromatic heterocycles. The largest absolute Gasteiger partial charge is 0.362 e. The van der Waals surface area contributed by atoms with Gasteiger partial charge in [0, 0.05) is 42.1 Å². The van der Waals surface area contributed by atoms with Crippen LogP contribution >= 0.6 is 0 Å². The van der Waals surface area contributed by atoms with Gasteiger partial charge in [0.15, 0.2) is 11.9 Å². The van der Waals surface area contributed by atoms with Gasteiger partial charge in [0.2, 0.25) is 0 Å². The Hall–Kier alpha value is -3.02. The lowest BCUT2D eigenvalue weighted by Crippen LogP contribution is -2.51. The van der Waals surface area contributed by atoms with Gasteiger partial charge in [-0.1, -0.05) is 39.0 Å². The van der Waals surface area contributed by atoms with Crippen LogP contribution in [0.25, 0.3) is 11.3 Å². The zero-order valence-electron chi connectivity index (χ0n) is 18.9. The van der Waals surface area contributed by atoms with E-state index in [1.807, 2.05) is 30.9 Å². The minimum Gasteiger partial charge on any atom is -0.362 e. The molecule has 0 saturated carbocycles. The van der Waals surface area contributed by atoms with Crippen molar-refractivity contribution < 1.29 is 4.79 Å². The van der Waals surface area contributed by atoms with E-state index in [2.05, 4.69) is 65.7 Å². The maximum Gasteiger partial charge on any atom is 0.165 e. The minimum absolute atomic E-state index is 0.0645. The number of benzene rings is 1. The summed E-state index contributed by atoms with van der Waals surface area (Å²) in [5, 5.41) is 16.9. The van der Waals surface area contributed by atoms with Crippen LogP contribution in [0.15, 0.2) is 69.3 Å². The van der Waals surface area contributed by atoms with Gasteiger partial charge in [-0.15, -0.1) is 0 Å². The first-order chi connectivity index (χ1) is 14.8. The average Bonchev–Trinajstić information content (AvgIpc) is 3.31. The van der Waals surface area contributed by atoms with Crippen LogP contribution in [0.1, 0.15) is 52.5 Å². The molecule has 2 aromatic rings. The van der Waals surface area contributed by atoms with Crippen molar-refractivity contribution >= 4 is 5.78 Å². The molecule has 0 saturated heterocycles. The number of ketones is 1. The number of aryl methyl sites for hydroxylation is 1. The summed E-state index contributed by atoms with van der Waals surface area (Å²) >= 11 is 0. The van der Waals surface area contributed by atoms with Crippen molar-refractivity contribution in [2.24, 2.45) is 22.7 Å². The number of carbonyl (C=O) groups excluding carboxylic acids is 1. The molecule has 0 spiro atoms. The molecule has 2 atom stereocenters. The monoisotopic (exact) mass is 415 g/mol. The number of nitrogens with zero attached hydrogens (tertiary/aromatic N) is 4. The van der Waals surface area contributed by atoms with Crippen molar-refractivity contribution in [1.29, 1.82) is 0 Å². The lowest BCUT2D eigenvalue weighted by atomic mass is 9.58. The number of azo groups is 1. The van der Waals surface area contributed by atoms with Crippen LogP contribution in [-0.4, -0.2) is 21.7 Å². The number of rotatable bonds is 3. The van der Waals surface area contributed by atoms with E-state index in [-0.39, 0.29) is 17.4 Å². The van der Waals surface area contributed by atoms with Gasteiger partial charge in [0.1, 0.15) is 0 Å². The molecule has 1 aliphatic carbocycles. The number of carbonyl (C=O) groups is 1. The van der Waals surface area contributed by atoms with Gasteiger partial charge in [-0.25, -0.2) is 0 Å². The number of aromatic nitrogens is 2. The number of fused-ring (bicyclic) bond motifs is 1. The molecular weight excluding hydrogens is 386 g/mol. The highest BCUT2D eigenvalue weighted by atomic mass is 16.1. The van der Waals surface area contributed by atoms with Crippen molar-refractivity contribution in [2.45, 2.75) is 58.5 Å². The van der Waals surface area contributed by atoms with Gasteiger partial charge in [0.25, 0.3) is 0 Å². The first kappa shape index (κ1) is 19.9. The van der Waals surface area contributed by atoms with E-state index >= 15 is 0 Å². The standard InChI is InChI=1S/C25H29N5O/c1-6-25(17-9-7-8-16(12-17)19-10-11-26-30(19)5)21-15(2)28-29-23(21)27-18-13-24(3,4)14-20(31)22(18)25/h7-12,23,27H,6,13-14H2,1-5H3/t23?,25-/m1/s1. The van der Waals surface area contributed by atoms with Gasteiger partial charge < -0.3 is 5.32 Å². The van der Waals surface area contributed by atoms with E-state index in [0.717, 1.165) is 52.2 Å². The number of hydrogen-bond donors (Lipinski definition) is 1. The fraction of sp³-hybridized carbons (Fsp3) is 0.440. The Morgan fingerprint density at radius 2 is 2.03 bits per heavy atom. The van der Waals surface area contributed by atoms with Crippen molar-refractivity contribution in [2.75, 3.05) is 0 Å². The summed E-state index contributed by atoms with van der Waals surface area (Å²) in [7, 11) is 1.95. The lowest BCUT2D eigenvalue weighted by molar-refractivity contribution is -0.119. The average molecular weight is 416 g/mol. The minimum atomic E-state index is -0.527. The third-order valence-electron chi connectivity index (χ3n) is 7.06. The molecule has 160 valence electrons. The smallest absolute Gasteiger partial charge is 0.165 e. The molecule has 6 nitrogen and oxygen atoms in total. The maximum atomic E-state index is 13.7. The molecule has 0 fully saturated rings. The fourth-order valence-electron chi connectivity index (χ4n) is 5.81. The van der Waals surface area contributed by atoms with E-state index in [4.69, 9.17) is 0 Å². The van der Waals surface area contributed by atoms with Gasteiger partial charge in [-0.2, -0.15) is 15.3 Å². The Kier molecular flexibility index (Phi) is 4.33. The summed E-state index contributed by atoms with van der Waals surface area (Å²) in [6, 6.07) is 10.6. The number of allylic oxidation sites excluding steroid dienone is 3. The van der Waals surface area contributed by atoms with E-state index in [9.17, 15) is 4.79 Å². The van der Waals surface area contributed by atoms with E-state index in [1.165, 1.54) is 0 Å². The quantitative estimate of drug-likeness (QED) is 0.763. The second kappa shape index (κ2) is 6.74. The third-order valence-corrected chi connectivity index (χ3v) is 7.06. The number of hydrogen-bond acceptors (Lipinski definition) is 5. The van der Waals surface area contributed by atoms with Crippen molar-refractivity contribution in [3.63, 3.8) is 0 Å². The molecule has 5 rings (SSSR count). The molecule has 1 N–H and O–H groups in total. The molecule has 0 bridgehead atoms. The molecule has 3 heterocycles. The predicted molar refractivity (Wildman–Crippen MR) is 120 cm³/mol. The summed E-state index contributed by atoms with van der Waals surface area (Å²) in [5.74, 6) is 0.234. The molecule has 6 heteroatoms. The highest BCUT2D eigenvalue weighted by Gasteiger charge is 2.53. The Labute approximate surface area is 183 Å². The summed E-state index contributed by atoms with van der Waals surface area (Å²) in [6.45, 7) is 8.52. The van der Waals surface area contributed by atoms with Crippen LogP contribution in [0, 0.1) is 5.41 Å². The summed E-state index contributed by atoms with van der Waals surface area (Å²) in [4.78, 5) is 13.7. The molecule has 0 radical (unpaired) electrons. The molecule has 3 aliphatic rings. The fourth-order valence-corrected chi connectivity index (χ4v) is 5.81. The van der Waals surface area contributed by atoms with E-state index in [1.54, 1.807) is 0 Å². The Balaban J connectivity index is 1.78. The normalized spacial score (nSPS) is 26.7. The lowest BCUT2D eigenvalue weighted by Gasteiger charge is -2.48. The zero-order chi connectivity index (χ0) is 22.0. The van der Waals surface area contributed by atoms with Gasteiger partial charge in [-0.3, -0.25) is 9.48 Å². The molecular formula is C25H29N5O. The SMILES string of the molecule is CC[C@]1(c2cccc(-c3ccnn3C)c2)C2=C(CC(C)(C)CC2=O)NC2N=NC(C)=C21. The van der Waals surface area contributed by atoms with Crippen molar-refractivity contribution in [1.82, 2.24) is 15.1 Å². The highest BCUT2D eigenvalue weighted by molar-refractivity contribution is 6.01. The molecule has 1 aromatic carbocycles. The van der Waals surface area contributed by atoms with Crippen LogP contribution in [0.3, 0.4) is 0 Å². The van der Waals surface area contributed by atoms with Gasteiger partial charge in [0.05, 0.1) is 16.8 Å². The van der Waals surface area contributed by atoms with E-state index in [0.29, 0.717) is 6.42 Å². The molecule has 1 unspecified atom stereocenters. The Bertz CT molecular complexity index is 1180. The predicted octanol–water partition coefficient (Wildman–Crippen LogP) is 5.05. The highest BCUT2D eigenvalue weighted by Crippen LogP contribution is 2.55. The second-order valence-corrected chi connectivity index (χ2v) is 9.74. The van der Waals surface area contributed by atoms with E-state index < -0.39 is 5.41 Å². The van der Waals surface area contributed by atoms with Gasteiger partial charge in [-0.05, 0) is 42.9 Å². The molecule has 31 heavy (non-hydrogen) atoms. The van der Waals surface area contributed by atoms with Crippen LogP contribution in [-0.2, 0) is 17.3 Å². The Morgan fingerprint density at radius 3 is 2.74 bits per heavy atom. The topological polar surface area (TPSA) is 71.6 Å². The van der Waals surface area contributed by atoms with Crippen LogP contribution in [0.2, 0.25) is 0 Å². The van der Waals surface area contributed by atoms with Crippen LogP contribution in [0.5, 0.6) is 0 Å². The van der Waals surface area contributed by atoms with Crippen LogP contribution in [0.4, 0.5) is 0 Å². The first-order valence-corrected chi connectivity index (χ1v) is 11.0. The zero-order valence-corrected chi connectivity index (χ0v) is 18.9. The summed E-state index contributed by atoms with van der Waals surface area (Å²) in [5.41, 5.74) is 6.66. The second-order valence-electron chi connectivity index (χ2n) is 9.74. The third kappa shape index (κ3) is 2.84. The van der Waals surface area contributed by atoms with Gasteiger partial charge >= 0.3 is 0 Å². The first-order valence-electron chi connectivity index (χ1n) is 11.0. The number of nitrogens with one attached hydrogen (secondary N) is 1. The maximum absolute atomic E-state index is 13.7. The molecule has 2 aliphatic heterocycles. The van der Waals surface area contributed by atoms with Crippen molar-refractivity contribution in [3.05, 3.63) is 64.6 Å². The number of Topliss-reactive ketones (excluding diaryl/α,β-unsaturated/α-hetero) is 1. The van der Waals surface area contributed by atoms with Crippen molar-refractivity contribution in [3.8, 4) is 11.3 Å². The van der Waals surface area contributed by atoms with Crippen LogP contribution < -0.4 is 5.32 Å². The Morgan fingerprint density at radius 1 is 1.23 bits per heavy atom. The molecule has 0 amide bonds. The summed E-state index contributed by atoms with van der Waals surface area (Å²) < 4.78 is 1.88.